The smallest absolute Gasteiger partial charge is 0.161 e. The molecule has 1 N–H and O–H groups in total. The predicted octanol–water partition coefficient (Wildman–Crippen LogP) is 2.92. The summed E-state index contributed by atoms with van der Waals surface area (Å²) < 4.78 is 5.24. The second-order valence-corrected chi connectivity index (χ2v) is 3.95. The number of hydrogen-bond donors (Lipinski definition) is 1. The van der Waals surface area contributed by atoms with Gasteiger partial charge in [0.05, 0.1) is 18.4 Å². The summed E-state index contributed by atoms with van der Waals surface area (Å²) in [7, 11) is 1.58. The summed E-state index contributed by atoms with van der Waals surface area (Å²) in [5, 5.41) is 9.46. The van der Waals surface area contributed by atoms with Crippen molar-refractivity contribution in [1.29, 1.82) is 5.26 Å². The Morgan fingerprint density at radius 2 is 2.24 bits per heavy atom. The van der Waals surface area contributed by atoms with Crippen LogP contribution in [0.4, 0.5) is 0 Å². The fourth-order valence-corrected chi connectivity index (χ4v) is 1.73. The van der Waals surface area contributed by atoms with E-state index >= 15 is 0 Å². The second-order valence-electron chi connectivity index (χ2n) is 3.52. The highest BCUT2D eigenvalue weighted by Gasteiger charge is 2.12. The van der Waals surface area contributed by atoms with E-state index in [9.17, 15) is 0 Å². The number of H-pyrrole nitrogens is 1. The van der Waals surface area contributed by atoms with E-state index in [1.165, 1.54) is 0 Å². The number of hydrogen-bond acceptors (Lipinski definition) is 3. The molecule has 0 aliphatic rings. The number of methoxy groups -OCH3 is 1. The Morgan fingerprint density at radius 3 is 2.82 bits per heavy atom. The van der Waals surface area contributed by atoms with Gasteiger partial charge in [-0.3, -0.25) is 0 Å². The average molecular weight is 248 g/mol. The molecule has 1 heterocycles. The molecule has 17 heavy (non-hydrogen) atoms. The molecule has 0 saturated heterocycles. The van der Waals surface area contributed by atoms with Gasteiger partial charge in [-0.25, -0.2) is 4.98 Å². The third-order valence-electron chi connectivity index (χ3n) is 2.41. The van der Waals surface area contributed by atoms with Crippen LogP contribution in [0.3, 0.4) is 0 Å². The molecule has 0 saturated carbocycles. The fourth-order valence-electron chi connectivity index (χ4n) is 1.56. The number of aromatic nitrogens is 2. The number of halogens is 1. The van der Waals surface area contributed by atoms with Crippen LogP contribution in [-0.2, 0) is 0 Å². The van der Waals surface area contributed by atoms with Crippen molar-refractivity contribution in [2.24, 2.45) is 0 Å². The molecule has 0 radical (unpaired) electrons. The van der Waals surface area contributed by atoms with Crippen molar-refractivity contribution in [1.82, 2.24) is 9.97 Å². The fraction of sp³-hybridized carbons (Fsp3) is 0.167. The molecule has 5 heteroatoms. The molecular formula is C12H10ClN3O. The van der Waals surface area contributed by atoms with E-state index < -0.39 is 0 Å². The molecule has 1 aromatic heterocycles. The molecule has 86 valence electrons. The van der Waals surface area contributed by atoms with E-state index in [0.717, 1.165) is 11.3 Å². The first-order chi connectivity index (χ1) is 8.15. The molecule has 0 atom stereocenters. The summed E-state index contributed by atoms with van der Waals surface area (Å²) in [6.07, 6.45) is 0. The zero-order valence-electron chi connectivity index (χ0n) is 9.41. The first kappa shape index (κ1) is 11.5. The van der Waals surface area contributed by atoms with Gasteiger partial charge in [0.25, 0.3) is 0 Å². The molecule has 0 spiro atoms. The number of benzene rings is 1. The third kappa shape index (κ3) is 2.10. The standard InChI is InChI=1S/C12H10ClN3O/c1-7-10(6-14)16-12(15-7)9-5-8(13)3-4-11(9)17-2/h3-5H,1-2H3,(H,15,16). The van der Waals surface area contributed by atoms with Gasteiger partial charge < -0.3 is 9.72 Å². The van der Waals surface area contributed by atoms with Crippen LogP contribution in [-0.4, -0.2) is 17.1 Å². The van der Waals surface area contributed by atoms with Crippen LogP contribution in [0.15, 0.2) is 18.2 Å². The lowest BCUT2D eigenvalue weighted by Crippen LogP contribution is -1.89. The van der Waals surface area contributed by atoms with Crippen LogP contribution >= 0.6 is 11.6 Å². The Hall–Kier alpha value is -1.99. The van der Waals surface area contributed by atoms with Crippen LogP contribution in [0.25, 0.3) is 11.4 Å². The second kappa shape index (κ2) is 4.48. The molecule has 0 bridgehead atoms. The molecule has 0 amide bonds. The number of ether oxygens (including phenoxy) is 1. The van der Waals surface area contributed by atoms with Gasteiger partial charge in [0.1, 0.15) is 17.6 Å². The predicted molar refractivity (Wildman–Crippen MR) is 65.0 cm³/mol. The van der Waals surface area contributed by atoms with Gasteiger partial charge in [-0.2, -0.15) is 5.26 Å². The van der Waals surface area contributed by atoms with Gasteiger partial charge in [0.2, 0.25) is 0 Å². The van der Waals surface area contributed by atoms with Crippen LogP contribution in [0, 0.1) is 18.3 Å². The average Bonchev–Trinajstić information content (AvgIpc) is 2.70. The van der Waals surface area contributed by atoms with Crippen LogP contribution < -0.4 is 4.74 Å². The normalized spacial score (nSPS) is 10.0. The highest BCUT2D eigenvalue weighted by molar-refractivity contribution is 6.30. The summed E-state index contributed by atoms with van der Waals surface area (Å²) in [5.41, 5.74) is 1.84. The van der Waals surface area contributed by atoms with Crippen molar-refractivity contribution in [3.63, 3.8) is 0 Å². The molecule has 1 aromatic carbocycles. The van der Waals surface area contributed by atoms with Crippen LogP contribution in [0.2, 0.25) is 5.02 Å². The minimum absolute atomic E-state index is 0.377. The van der Waals surface area contributed by atoms with E-state index in [0.29, 0.717) is 22.3 Å². The number of rotatable bonds is 2. The Morgan fingerprint density at radius 1 is 1.47 bits per heavy atom. The van der Waals surface area contributed by atoms with Gasteiger partial charge in [-0.1, -0.05) is 11.6 Å². The monoisotopic (exact) mass is 247 g/mol. The van der Waals surface area contributed by atoms with Gasteiger partial charge in [-0.05, 0) is 25.1 Å². The van der Waals surface area contributed by atoms with Crippen molar-refractivity contribution < 1.29 is 4.74 Å². The maximum Gasteiger partial charge on any atom is 0.161 e. The summed E-state index contributed by atoms with van der Waals surface area (Å²) in [4.78, 5) is 7.23. The molecule has 0 aliphatic heterocycles. The molecule has 2 rings (SSSR count). The maximum atomic E-state index is 8.87. The van der Waals surface area contributed by atoms with Gasteiger partial charge in [0.15, 0.2) is 5.69 Å². The van der Waals surface area contributed by atoms with E-state index in [1.807, 2.05) is 6.07 Å². The van der Waals surface area contributed by atoms with Gasteiger partial charge >= 0.3 is 0 Å². The molecule has 0 fully saturated rings. The number of nitriles is 1. The maximum absolute atomic E-state index is 8.87. The van der Waals surface area contributed by atoms with Crippen molar-refractivity contribution in [3.05, 3.63) is 34.6 Å². The van der Waals surface area contributed by atoms with Crippen molar-refractivity contribution in [3.8, 4) is 23.2 Å². The highest BCUT2D eigenvalue weighted by atomic mass is 35.5. The minimum atomic E-state index is 0.377. The number of nitrogens with zero attached hydrogens (tertiary/aromatic N) is 2. The summed E-state index contributed by atoms with van der Waals surface area (Å²) in [6.45, 7) is 1.80. The minimum Gasteiger partial charge on any atom is -0.496 e. The topological polar surface area (TPSA) is 61.7 Å². The summed E-state index contributed by atoms with van der Waals surface area (Å²) >= 11 is 5.94. The third-order valence-corrected chi connectivity index (χ3v) is 2.64. The Kier molecular flexibility index (Phi) is 3.03. The van der Waals surface area contributed by atoms with E-state index in [-0.39, 0.29) is 0 Å². The van der Waals surface area contributed by atoms with Gasteiger partial charge in [-0.15, -0.1) is 0 Å². The summed E-state index contributed by atoms with van der Waals surface area (Å²) in [5.74, 6) is 1.24. The molecule has 2 aromatic rings. The zero-order valence-corrected chi connectivity index (χ0v) is 10.2. The lowest BCUT2D eigenvalue weighted by Gasteiger charge is -2.06. The Labute approximate surface area is 104 Å². The molecular weight excluding hydrogens is 238 g/mol. The number of imidazole rings is 1. The van der Waals surface area contributed by atoms with Gasteiger partial charge in [0, 0.05) is 5.02 Å². The molecule has 0 aliphatic carbocycles. The van der Waals surface area contributed by atoms with E-state index in [4.69, 9.17) is 21.6 Å². The number of nitrogens with one attached hydrogen (secondary N) is 1. The largest absolute Gasteiger partial charge is 0.496 e. The van der Waals surface area contributed by atoms with Crippen LogP contribution in [0.5, 0.6) is 5.75 Å². The lowest BCUT2D eigenvalue weighted by atomic mass is 10.2. The Bertz CT molecular complexity index is 598. The molecule has 4 nitrogen and oxygen atoms in total. The van der Waals surface area contributed by atoms with Crippen molar-refractivity contribution in [2.75, 3.05) is 7.11 Å². The van der Waals surface area contributed by atoms with E-state index in [2.05, 4.69) is 9.97 Å². The van der Waals surface area contributed by atoms with Crippen LogP contribution in [0.1, 0.15) is 11.4 Å². The zero-order chi connectivity index (χ0) is 12.4. The lowest BCUT2D eigenvalue weighted by molar-refractivity contribution is 0.416. The first-order valence-electron chi connectivity index (χ1n) is 4.96. The Balaban J connectivity index is 2.59. The first-order valence-corrected chi connectivity index (χ1v) is 5.34. The molecule has 0 unspecified atom stereocenters. The summed E-state index contributed by atoms with van der Waals surface area (Å²) in [6, 6.07) is 7.28. The van der Waals surface area contributed by atoms with E-state index in [1.54, 1.807) is 32.2 Å². The van der Waals surface area contributed by atoms with Crippen molar-refractivity contribution in [2.45, 2.75) is 6.92 Å². The SMILES string of the molecule is COc1ccc(Cl)cc1-c1nc(C#N)c(C)[nH]1. The number of aryl methyl sites for hydroxylation is 1. The number of aromatic amines is 1. The quantitative estimate of drug-likeness (QED) is 0.888. The highest BCUT2D eigenvalue weighted by Crippen LogP contribution is 2.31. The van der Waals surface area contributed by atoms with Crippen molar-refractivity contribution >= 4 is 11.6 Å².